The van der Waals surface area contributed by atoms with Gasteiger partial charge in [0.05, 0.1) is 17.8 Å². The number of halogens is 3. The van der Waals surface area contributed by atoms with Gasteiger partial charge >= 0.3 is 16.4 Å². The van der Waals surface area contributed by atoms with Crippen molar-refractivity contribution in [3.8, 4) is 0 Å². The van der Waals surface area contributed by atoms with Gasteiger partial charge in [0, 0.05) is 14.1 Å². The minimum atomic E-state index is -4.61. The summed E-state index contributed by atoms with van der Waals surface area (Å²) >= 11 is 0. The molecule has 15 heteroatoms. The fourth-order valence-electron chi connectivity index (χ4n) is 1.85. The van der Waals surface area contributed by atoms with Crippen LogP contribution in [0.3, 0.4) is 0 Å². The van der Waals surface area contributed by atoms with Crippen molar-refractivity contribution < 1.29 is 30.0 Å². The maximum Gasteiger partial charge on any atom is 0.416 e. The van der Waals surface area contributed by atoms with E-state index in [1.165, 1.54) is 20.2 Å². The third-order valence-corrected chi connectivity index (χ3v) is 6.13. The van der Waals surface area contributed by atoms with Gasteiger partial charge in [-0.1, -0.05) is 12.1 Å². The second-order valence-electron chi connectivity index (χ2n) is 5.57. The number of aromatic nitrogens is 3. The average Bonchev–Trinajstić information content (AvgIpc) is 3.11. The van der Waals surface area contributed by atoms with Crippen LogP contribution in [0.5, 0.6) is 0 Å². The maximum atomic E-state index is 12.7. The number of hydrogen-bond donors (Lipinski definition) is 2. The molecule has 154 valence electrons. The summed E-state index contributed by atoms with van der Waals surface area (Å²) in [6.45, 7) is -0.654. The zero-order valence-corrected chi connectivity index (χ0v) is 16.1. The molecule has 28 heavy (non-hydrogen) atoms. The Balaban J connectivity index is 2.16. The summed E-state index contributed by atoms with van der Waals surface area (Å²) in [5.74, 6) is 0. The van der Waals surface area contributed by atoms with Crippen LogP contribution in [-0.2, 0) is 26.4 Å². The van der Waals surface area contributed by atoms with Crippen molar-refractivity contribution in [2.45, 2.75) is 11.3 Å². The summed E-state index contributed by atoms with van der Waals surface area (Å²) in [6.07, 6.45) is -3.92. The SMILES string of the molecule is CN(C)S(=O)(=O)n1cnc(S(=O)(=O)NCC(=N)c2cccc(C(F)(F)F)c2)n1. The van der Waals surface area contributed by atoms with Crippen LogP contribution in [0.4, 0.5) is 13.2 Å². The minimum absolute atomic E-state index is 0.133. The molecule has 0 saturated heterocycles. The molecule has 0 saturated carbocycles. The fraction of sp³-hybridized carbons (Fsp3) is 0.308. The van der Waals surface area contributed by atoms with Gasteiger partial charge in [-0.05, 0) is 17.7 Å². The molecule has 0 fully saturated rings. The van der Waals surface area contributed by atoms with Crippen molar-refractivity contribution in [2.24, 2.45) is 0 Å². The molecule has 0 aliphatic heterocycles. The van der Waals surface area contributed by atoms with Crippen LogP contribution in [0.1, 0.15) is 11.1 Å². The van der Waals surface area contributed by atoms with E-state index in [0.717, 1.165) is 16.4 Å². The zero-order valence-electron chi connectivity index (χ0n) is 14.5. The second kappa shape index (κ2) is 7.57. The Morgan fingerprint density at radius 2 is 1.89 bits per heavy atom. The van der Waals surface area contributed by atoms with Gasteiger partial charge in [-0.2, -0.15) is 25.9 Å². The van der Waals surface area contributed by atoms with Crippen molar-refractivity contribution in [1.82, 2.24) is 23.2 Å². The first-order valence-corrected chi connectivity index (χ1v) is 10.2. The largest absolute Gasteiger partial charge is 0.416 e. The predicted octanol–water partition coefficient (Wildman–Crippen LogP) is 0.298. The molecule has 0 aliphatic carbocycles. The molecule has 2 N–H and O–H groups in total. The molecular weight excluding hydrogens is 425 g/mol. The van der Waals surface area contributed by atoms with Crippen LogP contribution in [0.15, 0.2) is 35.7 Å². The number of nitrogens with one attached hydrogen (secondary N) is 2. The molecule has 0 atom stereocenters. The van der Waals surface area contributed by atoms with E-state index in [1.54, 1.807) is 0 Å². The molecule has 10 nitrogen and oxygen atoms in total. The van der Waals surface area contributed by atoms with E-state index in [-0.39, 0.29) is 5.56 Å². The van der Waals surface area contributed by atoms with Gasteiger partial charge in [-0.15, -0.1) is 9.19 Å². The van der Waals surface area contributed by atoms with Gasteiger partial charge in [-0.3, -0.25) is 0 Å². The first kappa shape index (κ1) is 21.9. The van der Waals surface area contributed by atoms with Gasteiger partial charge in [0.15, 0.2) is 0 Å². The summed E-state index contributed by atoms with van der Waals surface area (Å²) in [5.41, 5.74) is -1.55. The van der Waals surface area contributed by atoms with Gasteiger partial charge in [0.25, 0.3) is 15.2 Å². The molecule has 1 aromatic heterocycles. The third-order valence-electron chi connectivity index (χ3n) is 3.37. The molecule has 2 aromatic rings. The van der Waals surface area contributed by atoms with Crippen molar-refractivity contribution in [1.29, 1.82) is 5.41 Å². The quantitative estimate of drug-likeness (QED) is 0.594. The van der Waals surface area contributed by atoms with Crippen LogP contribution in [0, 0.1) is 5.41 Å². The summed E-state index contributed by atoms with van der Waals surface area (Å²) in [5, 5.41) is 10.3. The number of sulfonamides is 1. The van der Waals surface area contributed by atoms with E-state index in [0.29, 0.717) is 16.5 Å². The lowest BCUT2D eigenvalue weighted by molar-refractivity contribution is -0.137. The first-order valence-electron chi connectivity index (χ1n) is 7.34. The molecule has 0 aliphatic rings. The summed E-state index contributed by atoms with van der Waals surface area (Å²) in [7, 11) is -6.06. The Hall–Kier alpha value is -2.36. The van der Waals surface area contributed by atoms with E-state index in [2.05, 4.69) is 10.1 Å². The highest BCUT2D eigenvalue weighted by Crippen LogP contribution is 2.29. The number of alkyl halides is 3. The Morgan fingerprint density at radius 3 is 2.46 bits per heavy atom. The van der Waals surface area contributed by atoms with Crippen LogP contribution in [0.2, 0.25) is 0 Å². The predicted molar refractivity (Wildman–Crippen MR) is 91.5 cm³/mol. The van der Waals surface area contributed by atoms with Crippen molar-refractivity contribution in [2.75, 3.05) is 20.6 Å². The van der Waals surface area contributed by atoms with Gasteiger partial charge in [-0.25, -0.2) is 18.1 Å². The Bertz CT molecular complexity index is 1090. The topological polar surface area (TPSA) is 138 Å². The van der Waals surface area contributed by atoms with E-state index in [1.807, 2.05) is 4.72 Å². The highest BCUT2D eigenvalue weighted by Gasteiger charge is 2.31. The number of rotatable bonds is 7. The number of benzene rings is 1. The number of nitrogens with zero attached hydrogens (tertiary/aromatic N) is 4. The molecule has 1 heterocycles. The van der Waals surface area contributed by atoms with Crippen molar-refractivity contribution in [3.63, 3.8) is 0 Å². The molecule has 0 radical (unpaired) electrons. The summed E-state index contributed by atoms with van der Waals surface area (Å²) in [4.78, 5) is 3.41. The molecule has 0 spiro atoms. The average molecular weight is 440 g/mol. The third kappa shape index (κ3) is 4.73. The van der Waals surface area contributed by atoms with Crippen molar-refractivity contribution >= 4 is 25.9 Å². The fourth-order valence-corrected chi connectivity index (χ4v) is 3.43. The lowest BCUT2D eigenvalue weighted by Crippen LogP contribution is -2.32. The molecule has 2 rings (SSSR count). The highest BCUT2D eigenvalue weighted by atomic mass is 32.2. The molecule has 0 unspecified atom stereocenters. The molecule has 0 amide bonds. The van der Waals surface area contributed by atoms with Crippen LogP contribution >= 0.6 is 0 Å². The molecule has 1 aromatic carbocycles. The lowest BCUT2D eigenvalue weighted by Gasteiger charge is -2.10. The Morgan fingerprint density at radius 1 is 1.25 bits per heavy atom. The summed E-state index contributed by atoms with van der Waals surface area (Å²) < 4.78 is 89.4. The monoisotopic (exact) mass is 440 g/mol. The summed E-state index contributed by atoms with van der Waals surface area (Å²) in [6, 6.07) is 3.86. The lowest BCUT2D eigenvalue weighted by atomic mass is 10.1. The normalized spacial score (nSPS) is 13.1. The van der Waals surface area contributed by atoms with E-state index in [4.69, 9.17) is 5.41 Å². The van der Waals surface area contributed by atoms with Crippen molar-refractivity contribution in [3.05, 3.63) is 41.7 Å². The highest BCUT2D eigenvalue weighted by molar-refractivity contribution is 7.89. The van der Waals surface area contributed by atoms with Gasteiger partial charge in [0.2, 0.25) is 0 Å². The Labute approximate surface area is 158 Å². The van der Waals surface area contributed by atoms with E-state index >= 15 is 0 Å². The van der Waals surface area contributed by atoms with Crippen LogP contribution < -0.4 is 4.72 Å². The standard InChI is InChI=1S/C13H15F3N6O4S2/c1-21(2)28(25,26)22-8-18-12(20-22)27(23,24)19-7-11(17)9-4-3-5-10(6-9)13(14,15)16/h3-6,8,17,19H,7H2,1-2H3. The second-order valence-corrected chi connectivity index (χ2v) is 9.23. The minimum Gasteiger partial charge on any atom is -0.303 e. The van der Waals surface area contributed by atoms with Crippen LogP contribution in [0.25, 0.3) is 0 Å². The smallest absolute Gasteiger partial charge is 0.303 e. The van der Waals surface area contributed by atoms with Gasteiger partial charge in [0.1, 0.15) is 6.33 Å². The number of hydrogen-bond acceptors (Lipinski definition) is 7. The van der Waals surface area contributed by atoms with E-state index < -0.39 is 49.4 Å². The Kier molecular flexibility index (Phi) is 5.93. The zero-order chi connectivity index (χ0) is 21.3. The van der Waals surface area contributed by atoms with Crippen LogP contribution in [-0.4, -0.2) is 61.7 Å². The van der Waals surface area contributed by atoms with Gasteiger partial charge < -0.3 is 5.41 Å². The molecular formula is C13H15F3N6O4S2. The first-order chi connectivity index (χ1) is 12.7. The molecule has 0 bridgehead atoms. The van der Waals surface area contributed by atoms with E-state index in [9.17, 15) is 30.0 Å². The maximum absolute atomic E-state index is 12.7.